The molecule has 3 heteroatoms. The summed E-state index contributed by atoms with van der Waals surface area (Å²) in [7, 11) is 1.72. The van der Waals surface area contributed by atoms with E-state index in [0.717, 1.165) is 25.8 Å². The maximum Gasteiger partial charge on any atom is 0.128 e. The van der Waals surface area contributed by atoms with Gasteiger partial charge >= 0.3 is 0 Å². The third kappa shape index (κ3) is 3.54. The Labute approximate surface area is 116 Å². The van der Waals surface area contributed by atoms with Crippen molar-refractivity contribution in [3.05, 3.63) is 35.6 Å². The molecule has 0 radical (unpaired) electrons. The van der Waals surface area contributed by atoms with Crippen molar-refractivity contribution in [1.82, 2.24) is 5.32 Å². The maximum atomic E-state index is 14.1. The third-order valence-corrected chi connectivity index (χ3v) is 3.94. The van der Waals surface area contributed by atoms with Crippen LogP contribution < -0.4 is 5.32 Å². The van der Waals surface area contributed by atoms with Gasteiger partial charge < -0.3 is 10.1 Å². The van der Waals surface area contributed by atoms with E-state index in [9.17, 15) is 4.39 Å². The van der Waals surface area contributed by atoms with Gasteiger partial charge in [-0.1, -0.05) is 39.0 Å². The van der Waals surface area contributed by atoms with Crippen molar-refractivity contribution in [2.75, 3.05) is 13.7 Å². The standard InChI is InChI=1S/C16H26FNO/c1-5-12-18-15(16(6-2,7-3)19-4)13-10-8-9-11-14(13)17/h8-11,15,18H,5-7,12H2,1-4H3. The topological polar surface area (TPSA) is 21.3 Å². The minimum absolute atomic E-state index is 0.117. The van der Waals surface area contributed by atoms with Crippen LogP contribution in [0, 0.1) is 5.82 Å². The molecule has 0 spiro atoms. The Morgan fingerprint density at radius 1 is 1.21 bits per heavy atom. The van der Waals surface area contributed by atoms with E-state index in [-0.39, 0.29) is 17.5 Å². The largest absolute Gasteiger partial charge is 0.376 e. The SMILES string of the molecule is CCCNC(c1ccccc1F)C(CC)(CC)OC. The Hall–Kier alpha value is -0.930. The van der Waals surface area contributed by atoms with E-state index in [2.05, 4.69) is 26.1 Å². The number of rotatable bonds is 8. The molecule has 19 heavy (non-hydrogen) atoms. The van der Waals surface area contributed by atoms with Crippen molar-refractivity contribution in [3.8, 4) is 0 Å². The summed E-state index contributed by atoms with van der Waals surface area (Å²) in [6, 6.07) is 6.85. The first kappa shape index (κ1) is 16.1. The van der Waals surface area contributed by atoms with Crippen LogP contribution >= 0.6 is 0 Å². The van der Waals surface area contributed by atoms with Crippen molar-refractivity contribution in [3.63, 3.8) is 0 Å². The summed E-state index contributed by atoms with van der Waals surface area (Å²) in [6.07, 6.45) is 2.70. The second-order valence-corrected chi connectivity index (χ2v) is 4.88. The molecule has 0 fully saturated rings. The van der Waals surface area contributed by atoms with E-state index in [0.29, 0.717) is 5.56 Å². The Kier molecular flexibility index (Phi) is 6.46. The molecule has 1 rings (SSSR count). The molecule has 1 N–H and O–H groups in total. The Morgan fingerprint density at radius 2 is 1.84 bits per heavy atom. The monoisotopic (exact) mass is 267 g/mol. The van der Waals surface area contributed by atoms with Crippen LogP contribution in [-0.4, -0.2) is 19.3 Å². The van der Waals surface area contributed by atoms with Crippen LogP contribution in [0.4, 0.5) is 4.39 Å². The highest BCUT2D eigenvalue weighted by Gasteiger charge is 2.37. The lowest BCUT2D eigenvalue weighted by molar-refractivity contribution is -0.0493. The van der Waals surface area contributed by atoms with Crippen molar-refractivity contribution < 1.29 is 9.13 Å². The van der Waals surface area contributed by atoms with E-state index in [1.54, 1.807) is 13.2 Å². The van der Waals surface area contributed by atoms with Gasteiger partial charge in [-0.15, -0.1) is 0 Å². The highest BCUT2D eigenvalue weighted by Crippen LogP contribution is 2.35. The number of halogens is 1. The number of benzene rings is 1. The average molecular weight is 267 g/mol. The lowest BCUT2D eigenvalue weighted by atomic mass is 9.83. The van der Waals surface area contributed by atoms with E-state index in [1.807, 2.05) is 12.1 Å². The number of ether oxygens (including phenoxy) is 1. The van der Waals surface area contributed by atoms with Crippen molar-refractivity contribution >= 4 is 0 Å². The lowest BCUT2D eigenvalue weighted by Crippen LogP contribution is -2.45. The number of nitrogens with one attached hydrogen (secondary N) is 1. The minimum Gasteiger partial charge on any atom is -0.376 e. The average Bonchev–Trinajstić information content (AvgIpc) is 2.45. The highest BCUT2D eigenvalue weighted by atomic mass is 19.1. The molecular weight excluding hydrogens is 241 g/mol. The van der Waals surface area contributed by atoms with Crippen molar-refractivity contribution in [1.29, 1.82) is 0 Å². The molecule has 0 bridgehead atoms. The molecule has 108 valence electrons. The molecule has 0 saturated heterocycles. The van der Waals surface area contributed by atoms with E-state index < -0.39 is 0 Å². The van der Waals surface area contributed by atoms with E-state index in [4.69, 9.17) is 4.74 Å². The maximum absolute atomic E-state index is 14.1. The summed E-state index contributed by atoms with van der Waals surface area (Å²) in [5.74, 6) is -0.167. The van der Waals surface area contributed by atoms with Gasteiger partial charge in [0.05, 0.1) is 11.6 Å². The molecule has 0 saturated carbocycles. The van der Waals surface area contributed by atoms with Gasteiger partial charge in [0, 0.05) is 12.7 Å². The molecule has 2 nitrogen and oxygen atoms in total. The van der Waals surface area contributed by atoms with Gasteiger partial charge in [0.2, 0.25) is 0 Å². The zero-order chi connectivity index (χ0) is 14.3. The highest BCUT2D eigenvalue weighted by molar-refractivity contribution is 5.24. The van der Waals surface area contributed by atoms with Gasteiger partial charge in [-0.05, 0) is 31.9 Å². The molecule has 0 aliphatic heterocycles. The summed E-state index contributed by atoms with van der Waals surface area (Å²) in [6.45, 7) is 7.14. The predicted octanol–water partition coefficient (Wildman–Crippen LogP) is 4.07. The number of hydrogen-bond acceptors (Lipinski definition) is 2. The van der Waals surface area contributed by atoms with Crippen LogP contribution in [0.25, 0.3) is 0 Å². The smallest absolute Gasteiger partial charge is 0.128 e. The van der Waals surface area contributed by atoms with Crippen LogP contribution in [-0.2, 0) is 4.74 Å². The zero-order valence-electron chi connectivity index (χ0n) is 12.5. The number of methoxy groups -OCH3 is 1. The summed E-state index contributed by atoms with van der Waals surface area (Å²) >= 11 is 0. The molecule has 0 heterocycles. The Morgan fingerprint density at radius 3 is 2.32 bits per heavy atom. The zero-order valence-corrected chi connectivity index (χ0v) is 12.5. The summed E-state index contributed by atoms with van der Waals surface area (Å²) in [5.41, 5.74) is 0.332. The van der Waals surface area contributed by atoms with Gasteiger partial charge in [-0.25, -0.2) is 4.39 Å². The molecule has 1 aromatic rings. The first-order chi connectivity index (χ1) is 9.15. The summed E-state index contributed by atoms with van der Waals surface area (Å²) < 4.78 is 19.9. The Balaban J connectivity index is 3.17. The van der Waals surface area contributed by atoms with Gasteiger partial charge in [0.25, 0.3) is 0 Å². The third-order valence-electron chi connectivity index (χ3n) is 3.94. The molecular formula is C16H26FNO. The molecule has 1 atom stereocenters. The van der Waals surface area contributed by atoms with Crippen LogP contribution in [0.5, 0.6) is 0 Å². The second-order valence-electron chi connectivity index (χ2n) is 4.88. The normalized spacial score (nSPS) is 13.5. The van der Waals surface area contributed by atoms with Crippen LogP contribution in [0.15, 0.2) is 24.3 Å². The quantitative estimate of drug-likeness (QED) is 0.766. The Bertz CT molecular complexity index is 369. The van der Waals surface area contributed by atoms with Gasteiger partial charge in [-0.3, -0.25) is 0 Å². The fourth-order valence-corrected chi connectivity index (χ4v) is 2.64. The first-order valence-electron chi connectivity index (χ1n) is 7.18. The summed E-state index contributed by atoms with van der Waals surface area (Å²) in [5, 5.41) is 3.46. The van der Waals surface area contributed by atoms with Crippen molar-refractivity contribution in [2.45, 2.75) is 51.7 Å². The van der Waals surface area contributed by atoms with Crippen molar-refractivity contribution in [2.24, 2.45) is 0 Å². The first-order valence-corrected chi connectivity index (χ1v) is 7.18. The van der Waals surface area contributed by atoms with E-state index >= 15 is 0 Å². The lowest BCUT2D eigenvalue weighted by Gasteiger charge is -2.39. The molecule has 0 aromatic heterocycles. The minimum atomic E-state index is -0.364. The molecule has 0 amide bonds. The fraction of sp³-hybridized carbons (Fsp3) is 0.625. The van der Waals surface area contributed by atoms with Gasteiger partial charge in [0.1, 0.15) is 5.82 Å². The summed E-state index contributed by atoms with van der Waals surface area (Å²) in [4.78, 5) is 0. The van der Waals surface area contributed by atoms with Crippen LogP contribution in [0.2, 0.25) is 0 Å². The fourth-order valence-electron chi connectivity index (χ4n) is 2.64. The van der Waals surface area contributed by atoms with Gasteiger partial charge in [0.15, 0.2) is 0 Å². The van der Waals surface area contributed by atoms with Crippen LogP contribution in [0.1, 0.15) is 51.6 Å². The molecule has 0 aliphatic carbocycles. The van der Waals surface area contributed by atoms with E-state index in [1.165, 1.54) is 6.07 Å². The predicted molar refractivity (Wildman–Crippen MR) is 77.8 cm³/mol. The van der Waals surface area contributed by atoms with Crippen LogP contribution in [0.3, 0.4) is 0 Å². The molecule has 1 unspecified atom stereocenters. The number of hydrogen-bond donors (Lipinski definition) is 1. The molecule has 1 aromatic carbocycles. The van der Waals surface area contributed by atoms with Gasteiger partial charge in [-0.2, -0.15) is 0 Å². The molecule has 0 aliphatic rings. The second kappa shape index (κ2) is 7.61.